The summed E-state index contributed by atoms with van der Waals surface area (Å²) in [7, 11) is 0. The first kappa shape index (κ1) is 9.17. The predicted octanol–water partition coefficient (Wildman–Crippen LogP) is -0.724. The van der Waals surface area contributed by atoms with Crippen molar-refractivity contribution < 1.29 is 9.90 Å². The maximum absolute atomic E-state index is 10.1. The van der Waals surface area contributed by atoms with Gasteiger partial charge in [0.2, 0.25) is 0 Å². The molecule has 0 spiro atoms. The molecule has 0 saturated carbocycles. The Kier molecular flexibility index (Phi) is 3.72. The minimum Gasteiger partial charge on any atom is -0.548 e. The van der Waals surface area contributed by atoms with Gasteiger partial charge in [-0.3, -0.25) is 0 Å². The number of hydrogen-bond acceptors (Lipinski definition) is 3. The Labute approximate surface area is 60.5 Å². The number of carboxylic acid groups (broad SMARTS) is 1. The van der Waals surface area contributed by atoms with Crippen LogP contribution in [0.3, 0.4) is 0 Å². The first-order valence-corrected chi connectivity index (χ1v) is 3.18. The van der Waals surface area contributed by atoms with Gasteiger partial charge >= 0.3 is 0 Å². The summed E-state index contributed by atoms with van der Waals surface area (Å²) in [5, 5.41) is 10.1. The number of nitrogens with two attached hydrogens (primary N) is 1. The van der Waals surface area contributed by atoms with E-state index in [0.717, 1.165) is 0 Å². The van der Waals surface area contributed by atoms with Gasteiger partial charge < -0.3 is 15.6 Å². The molecule has 2 N–H and O–H groups in total. The van der Waals surface area contributed by atoms with E-state index >= 15 is 0 Å². The van der Waals surface area contributed by atoms with E-state index in [1.165, 1.54) is 0 Å². The molecule has 0 bridgehead atoms. The summed E-state index contributed by atoms with van der Waals surface area (Å²) < 4.78 is 0. The van der Waals surface area contributed by atoms with Crippen molar-refractivity contribution in [1.82, 2.24) is 0 Å². The summed E-state index contributed by atoms with van der Waals surface area (Å²) >= 11 is 0. The maximum Gasteiger partial charge on any atom is 0.0588 e. The van der Waals surface area contributed by atoms with Crippen LogP contribution < -0.4 is 10.8 Å². The molecule has 0 aliphatic rings. The standard InChI is InChI=1S/C7H13NO2/c1-3-4-5(2)6(8)7(9)10/h3-6H,8H2,1-2H3,(H,9,10)/p-1/b4-3+/t5?,6-/m0/s1. The van der Waals surface area contributed by atoms with Crippen LogP contribution in [0.2, 0.25) is 0 Å². The highest BCUT2D eigenvalue weighted by Gasteiger charge is 2.08. The highest BCUT2D eigenvalue weighted by Crippen LogP contribution is 2.00. The maximum atomic E-state index is 10.1. The van der Waals surface area contributed by atoms with E-state index in [2.05, 4.69) is 0 Å². The van der Waals surface area contributed by atoms with Crippen LogP contribution in [0.1, 0.15) is 13.8 Å². The Morgan fingerprint density at radius 1 is 1.70 bits per heavy atom. The second kappa shape index (κ2) is 4.06. The molecule has 0 aliphatic carbocycles. The van der Waals surface area contributed by atoms with Crippen molar-refractivity contribution in [2.45, 2.75) is 19.9 Å². The molecule has 0 amide bonds. The first-order valence-electron chi connectivity index (χ1n) is 3.18. The zero-order valence-corrected chi connectivity index (χ0v) is 6.20. The molecule has 0 aromatic heterocycles. The highest BCUT2D eigenvalue weighted by molar-refractivity contribution is 5.71. The quantitative estimate of drug-likeness (QED) is 0.528. The van der Waals surface area contributed by atoms with Gasteiger partial charge in [-0.2, -0.15) is 0 Å². The number of aliphatic carboxylic acids is 1. The van der Waals surface area contributed by atoms with Gasteiger partial charge in [-0.25, -0.2) is 0 Å². The smallest absolute Gasteiger partial charge is 0.0588 e. The molecule has 0 saturated heterocycles. The van der Waals surface area contributed by atoms with Crippen molar-refractivity contribution in [3.8, 4) is 0 Å². The third-order valence-corrected chi connectivity index (χ3v) is 1.33. The molecule has 10 heavy (non-hydrogen) atoms. The number of carbonyl (C=O) groups is 1. The van der Waals surface area contributed by atoms with Crippen molar-refractivity contribution in [1.29, 1.82) is 0 Å². The van der Waals surface area contributed by atoms with Crippen LogP contribution in [-0.4, -0.2) is 12.0 Å². The number of allylic oxidation sites excluding steroid dienone is 1. The van der Waals surface area contributed by atoms with Crippen molar-refractivity contribution in [2.75, 3.05) is 0 Å². The molecule has 0 aromatic carbocycles. The number of hydrogen-bond donors (Lipinski definition) is 1. The van der Waals surface area contributed by atoms with E-state index in [4.69, 9.17) is 5.73 Å². The lowest BCUT2D eigenvalue weighted by Crippen LogP contribution is -2.45. The number of rotatable bonds is 3. The fourth-order valence-electron chi connectivity index (χ4n) is 0.638. The van der Waals surface area contributed by atoms with E-state index in [1.807, 2.05) is 6.92 Å². The van der Waals surface area contributed by atoms with Gasteiger partial charge in [0.05, 0.1) is 12.0 Å². The second-order valence-corrected chi connectivity index (χ2v) is 2.23. The average molecular weight is 142 g/mol. The molecular weight excluding hydrogens is 130 g/mol. The van der Waals surface area contributed by atoms with Gasteiger partial charge in [0.25, 0.3) is 0 Å². The fourth-order valence-corrected chi connectivity index (χ4v) is 0.638. The van der Waals surface area contributed by atoms with E-state index in [9.17, 15) is 9.90 Å². The normalized spacial score (nSPS) is 17.1. The Morgan fingerprint density at radius 2 is 2.20 bits per heavy atom. The fraction of sp³-hybridized carbons (Fsp3) is 0.571. The van der Waals surface area contributed by atoms with Crippen molar-refractivity contribution in [2.24, 2.45) is 11.7 Å². The lowest BCUT2D eigenvalue weighted by Gasteiger charge is -2.16. The summed E-state index contributed by atoms with van der Waals surface area (Å²) in [6.45, 7) is 3.55. The summed E-state index contributed by atoms with van der Waals surface area (Å²) in [4.78, 5) is 10.1. The second-order valence-electron chi connectivity index (χ2n) is 2.23. The van der Waals surface area contributed by atoms with E-state index in [1.54, 1.807) is 19.1 Å². The SMILES string of the molecule is C/C=C/C(C)[C@H](N)C(=O)[O-]. The Morgan fingerprint density at radius 3 is 2.50 bits per heavy atom. The molecule has 0 fully saturated rings. The number of carbonyl (C=O) groups excluding carboxylic acids is 1. The number of carboxylic acids is 1. The highest BCUT2D eigenvalue weighted by atomic mass is 16.4. The van der Waals surface area contributed by atoms with Gasteiger partial charge in [-0.1, -0.05) is 19.1 Å². The van der Waals surface area contributed by atoms with Crippen LogP contribution in [0.25, 0.3) is 0 Å². The molecule has 0 heterocycles. The predicted molar refractivity (Wildman–Crippen MR) is 37.0 cm³/mol. The molecule has 0 radical (unpaired) electrons. The van der Waals surface area contributed by atoms with Crippen LogP contribution in [0, 0.1) is 5.92 Å². The molecule has 3 heteroatoms. The van der Waals surface area contributed by atoms with Crippen molar-refractivity contribution in [3.05, 3.63) is 12.2 Å². The van der Waals surface area contributed by atoms with Crippen LogP contribution in [0.5, 0.6) is 0 Å². The van der Waals surface area contributed by atoms with E-state index < -0.39 is 12.0 Å². The van der Waals surface area contributed by atoms with Crippen LogP contribution in [0.15, 0.2) is 12.2 Å². The van der Waals surface area contributed by atoms with Gasteiger partial charge in [-0.05, 0) is 12.8 Å². The molecule has 0 aromatic rings. The van der Waals surface area contributed by atoms with Crippen LogP contribution in [-0.2, 0) is 4.79 Å². The molecule has 2 atom stereocenters. The molecule has 3 nitrogen and oxygen atoms in total. The lowest BCUT2D eigenvalue weighted by molar-refractivity contribution is -0.308. The van der Waals surface area contributed by atoms with Gasteiger partial charge in [-0.15, -0.1) is 0 Å². The van der Waals surface area contributed by atoms with Crippen LogP contribution in [0.4, 0.5) is 0 Å². The molecule has 0 aliphatic heterocycles. The summed E-state index contributed by atoms with van der Waals surface area (Å²) in [6, 6.07) is -0.892. The Hall–Kier alpha value is -0.830. The van der Waals surface area contributed by atoms with E-state index in [0.29, 0.717) is 0 Å². The third-order valence-electron chi connectivity index (χ3n) is 1.33. The van der Waals surface area contributed by atoms with Gasteiger partial charge in [0.1, 0.15) is 0 Å². The summed E-state index contributed by atoms with van der Waals surface area (Å²) in [5.41, 5.74) is 5.23. The molecule has 0 rings (SSSR count). The molecular formula is C7H12NO2-. The monoisotopic (exact) mass is 142 g/mol. The Balaban J connectivity index is 3.93. The minimum absolute atomic E-state index is 0.157. The van der Waals surface area contributed by atoms with Crippen LogP contribution >= 0.6 is 0 Å². The van der Waals surface area contributed by atoms with Crippen molar-refractivity contribution in [3.63, 3.8) is 0 Å². The Bertz CT molecular complexity index is 143. The largest absolute Gasteiger partial charge is 0.548 e. The third kappa shape index (κ3) is 2.64. The molecule has 1 unspecified atom stereocenters. The summed E-state index contributed by atoms with van der Waals surface area (Å²) in [6.07, 6.45) is 3.51. The van der Waals surface area contributed by atoms with Gasteiger partial charge in [0.15, 0.2) is 0 Å². The molecule has 58 valence electrons. The van der Waals surface area contributed by atoms with Crippen molar-refractivity contribution >= 4 is 5.97 Å². The lowest BCUT2D eigenvalue weighted by atomic mass is 10.0. The first-order chi connectivity index (χ1) is 4.59. The zero-order valence-electron chi connectivity index (χ0n) is 6.20. The topological polar surface area (TPSA) is 66.2 Å². The average Bonchev–Trinajstić information content (AvgIpc) is 1.87. The minimum atomic E-state index is -1.20. The van der Waals surface area contributed by atoms with E-state index in [-0.39, 0.29) is 5.92 Å². The summed E-state index contributed by atoms with van der Waals surface area (Å²) in [5.74, 6) is -1.36. The zero-order chi connectivity index (χ0) is 8.15. The van der Waals surface area contributed by atoms with Gasteiger partial charge in [0, 0.05) is 0 Å².